The molecule has 6 aromatic carbocycles. The van der Waals surface area contributed by atoms with E-state index in [1.54, 1.807) is 13.4 Å². The summed E-state index contributed by atoms with van der Waals surface area (Å²) in [6.07, 6.45) is 29.7. The molecule has 3 radical (unpaired) electrons. The second-order valence-electron chi connectivity index (χ2n) is 28.1. The van der Waals surface area contributed by atoms with Gasteiger partial charge in [0.1, 0.15) is 17.2 Å². The fraction of sp³-hybridized carbons (Fsp3) is 0.361. The minimum absolute atomic E-state index is 0. The van der Waals surface area contributed by atoms with E-state index in [0.717, 1.165) is 138 Å². The summed E-state index contributed by atoms with van der Waals surface area (Å²) in [6, 6.07) is 49.7. The fourth-order valence-corrected chi connectivity index (χ4v) is 16.9. The number of pyridine rings is 3. The predicted octanol–water partition coefficient (Wildman–Crippen LogP) is 33.2. The zero-order chi connectivity index (χ0) is 202. The van der Waals surface area contributed by atoms with Crippen LogP contribution in [0.1, 0.15) is 431 Å². The molecule has 3 N–H and O–H groups in total. The molecule has 6 fully saturated rings. The number of aromatic nitrogens is 6. The monoisotopic (exact) mass is 1580 g/mol. The van der Waals surface area contributed by atoms with E-state index in [-0.39, 0.29) is 64.6 Å². The quantitative estimate of drug-likeness (QED) is 0.0755. The summed E-state index contributed by atoms with van der Waals surface area (Å²) >= 11 is 0. The molecule has 6 heterocycles. The summed E-state index contributed by atoms with van der Waals surface area (Å²) in [6.45, 7) is 0. The van der Waals surface area contributed by atoms with Crippen molar-refractivity contribution in [3.63, 3.8) is 0 Å². The van der Waals surface area contributed by atoms with Gasteiger partial charge in [-0.3, -0.25) is 18.4 Å². The zero-order valence-corrected chi connectivity index (χ0v) is 57.1. The topological polar surface area (TPSA) is 156 Å². The van der Waals surface area contributed by atoms with Gasteiger partial charge in [0.25, 0.3) is 0 Å². The normalized spacial score (nSPS) is 26.8. The number of methoxy groups -OCH3 is 1. The summed E-state index contributed by atoms with van der Waals surface area (Å²) in [5.74, 6) is 5.72. The number of imidazole rings is 3. The summed E-state index contributed by atoms with van der Waals surface area (Å²) in [5, 5.41) is 38.6. The van der Waals surface area contributed by atoms with Crippen LogP contribution < -0.4 is 34.3 Å². The van der Waals surface area contributed by atoms with Crippen LogP contribution in [-0.4, -0.2) is 70.6 Å². The third kappa shape index (κ3) is 13.2. The first-order valence-electron chi connectivity index (χ1n) is 104. The number of hydrogen-bond donors (Lipinski definition) is 3. The number of benzene rings is 6. The molecule has 627 valence electrons. The van der Waals surface area contributed by atoms with Crippen LogP contribution in [-0.2, 0) is 0 Å². The molecule has 14 heteroatoms. The smallest absolute Gasteiger partial charge is 1.00 e. The van der Waals surface area contributed by atoms with Gasteiger partial charge in [0.05, 0.1) is 84.4 Å². The van der Waals surface area contributed by atoms with Gasteiger partial charge >= 0.3 is 29.6 Å². The second kappa shape index (κ2) is 28.8. The molecule has 97 heavy (non-hydrogen) atoms. The van der Waals surface area contributed by atoms with Crippen molar-refractivity contribution in [3.05, 3.63) is 234 Å². The number of fused-ring (bicyclic) bond motifs is 6. The third-order valence-corrected chi connectivity index (χ3v) is 22.4. The molecular formula is C83H225BN6NaO6. The van der Waals surface area contributed by atoms with E-state index in [2.05, 4.69) is 116 Å². The van der Waals surface area contributed by atoms with Gasteiger partial charge in [-0.1, -0.05) is 117 Å². The molecule has 1 unspecified atom stereocenters. The second-order valence-corrected chi connectivity index (χ2v) is 28.1. The number of ketones is 2. The molecule has 0 bridgehead atoms. The van der Waals surface area contributed by atoms with E-state index in [0.29, 0.717) is 58.6 Å². The number of aliphatic hydroxyl groups is 1. The minimum Gasteiger partial charge on any atom is -1.00 e. The van der Waals surface area contributed by atoms with Crippen molar-refractivity contribution in [3.8, 4) is 17.2 Å². The van der Waals surface area contributed by atoms with Gasteiger partial charge in [-0.15, -0.1) is 0 Å². The van der Waals surface area contributed by atoms with Gasteiger partial charge in [-0.2, -0.15) is 0 Å². The van der Waals surface area contributed by atoms with Crippen LogP contribution >= 0.6 is 0 Å². The number of phenols is 2. The maximum absolute atomic E-state index is 13.7. The maximum atomic E-state index is 13.7. The largest absolute Gasteiger partial charge is 1.00 e. The fourth-order valence-electron chi connectivity index (χ4n) is 16.9. The van der Waals surface area contributed by atoms with Crippen LogP contribution in [0.5, 0.6) is 17.2 Å². The predicted molar refractivity (Wildman–Crippen MR) is 530 cm³/mol. The Morgan fingerprint density at radius 2 is 0.753 bits per heavy atom. The van der Waals surface area contributed by atoms with Gasteiger partial charge in [0, 0.05) is 241 Å². The van der Waals surface area contributed by atoms with Gasteiger partial charge in [0.2, 0.25) is 0 Å². The third-order valence-electron chi connectivity index (χ3n) is 22.4. The Kier molecular flexibility index (Phi) is 7.07. The van der Waals surface area contributed by atoms with Gasteiger partial charge in [0.15, 0.2) is 11.6 Å². The molecule has 12 nitrogen and oxygen atoms in total. The summed E-state index contributed by atoms with van der Waals surface area (Å²) < 4.78 is 702. The van der Waals surface area contributed by atoms with Gasteiger partial charge in [-0.25, -0.2) is 15.0 Å². The Bertz CT molecular complexity index is 5060. The number of aliphatic hydroxyl groups excluding tert-OH is 1. The number of rotatable bonds is 13. The summed E-state index contributed by atoms with van der Waals surface area (Å²) in [5.41, 5.74) is 13.7. The molecule has 0 amide bonds. The number of phenolic OH excluding ortho intramolecular Hbond substituents is 2. The van der Waals surface area contributed by atoms with Crippen LogP contribution in [0.15, 0.2) is 183 Å². The number of Topliss-reactive ketones (excluding diaryl/α,β-unsaturated/α-hetero) is 2. The summed E-state index contributed by atoms with van der Waals surface area (Å²) in [7, 11) is 1.73. The number of aromatic hydroxyl groups is 2. The number of nitrogens with zero attached hydrogens (tertiary/aromatic N) is 6. The molecule has 6 aliphatic rings. The molecule has 1 atom stereocenters. The van der Waals surface area contributed by atoms with Gasteiger partial charge in [-0.05, 0) is 243 Å². The molecule has 0 spiro atoms. The van der Waals surface area contributed by atoms with Crippen LogP contribution in [0, 0.1) is 17.8 Å². The van der Waals surface area contributed by atoms with E-state index in [1.807, 2.05) is 88.6 Å². The van der Waals surface area contributed by atoms with E-state index in [9.17, 15) is 24.9 Å². The van der Waals surface area contributed by atoms with Crippen molar-refractivity contribution in [1.29, 1.82) is 0 Å². The Balaban J connectivity index is -0.0000000263. The van der Waals surface area contributed by atoms with E-state index >= 15 is 0 Å². The van der Waals surface area contributed by atoms with Crippen molar-refractivity contribution >= 4 is 68.8 Å². The van der Waals surface area contributed by atoms with Crippen LogP contribution in [0.25, 0.3) is 48.9 Å². The molecule has 6 saturated carbocycles. The standard InChI is InChI=1S/C28H28N2O2.C27H28N2O2.C27H26N2O2.CH4.B.Na.69H2.H/c1-32-26-15-14-22(24-4-2-3-5-25(24)26)18-8-10-20(11-9-18)28(31)27-23(19-6-7-19)13-12-21-16-29-17-30(21)27;2*30-25-14-13-21(23-3-1-2-4-24(23)25)17-7-9-19(10-8-17)27(31)26-22(18-5-6-18)12-11-20-15-28-16-29(20)26;;;;;;;;;;;;;;;;;;;;;;;;;;;;;;;;;;;;;;;;;;;;;;;;;;;;;;;;;;;;;;;;;;;;;;;;;/h2-5,12-20H,6-11H2,1H3;1-4,11-19,27,30-31H,5-10H2;1-4,11-19,30H,5-10H2;1H4;;;69*1H;/q;;;;;+1;;;;;;;;;;;;;;;;;;;;;;;;;;;;;;;;;;;;;;;;;;;;;;;;;;;;;;;;;;;;;;;;;;;;;;-1/i;;;;;;69*1+1D;. The molecular weight excluding hydrogens is 1210 g/mol. The molecule has 0 saturated heterocycles. The van der Waals surface area contributed by atoms with Gasteiger partial charge < -0.3 is 25.9 Å². The minimum atomic E-state index is -0.453. The first-order chi connectivity index (χ1) is 115. The van der Waals surface area contributed by atoms with Crippen LogP contribution in [0.2, 0.25) is 0 Å². The van der Waals surface area contributed by atoms with Crippen molar-refractivity contribution in [1.82, 2.24) is 28.2 Å². The van der Waals surface area contributed by atoms with Crippen molar-refractivity contribution in [2.75, 3.05) is 7.11 Å². The van der Waals surface area contributed by atoms with Crippen molar-refractivity contribution < 1.29 is 266 Å². The Hall–Kier alpha value is -8.07. The Morgan fingerprint density at radius 3 is 1.18 bits per heavy atom. The van der Waals surface area contributed by atoms with E-state index < -0.39 is 6.10 Å². The van der Waals surface area contributed by atoms with Crippen molar-refractivity contribution in [2.24, 2.45) is 17.8 Å². The Morgan fingerprint density at radius 1 is 0.433 bits per heavy atom. The van der Waals surface area contributed by atoms with E-state index in [1.165, 1.54) is 82.7 Å². The summed E-state index contributed by atoms with van der Waals surface area (Å²) in [4.78, 5) is 40.3. The molecule has 12 aromatic rings. The first-order valence-corrected chi connectivity index (χ1v) is 34.7. The Labute approximate surface area is 806 Å². The van der Waals surface area contributed by atoms with Crippen LogP contribution in [0.3, 0.4) is 0 Å². The molecule has 6 aromatic heterocycles. The van der Waals surface area contributed by atoms with E-state index in [4.69, 9.17) is 210 Å². The van der Waals surface area contributed by atoms with Crippen molar-refractivity contribution in [2.45, 2.75) is 165 Å². The number of carbonyl (C=O) groups is 2. The molecule has 6 aliphatic carbocycles. The molecule has 0 aliphatic heterocycles. The SMILES string of the molecule is C.COc1ccc(C2CCC(C(=O)c3c(C4CC4)ccc4cncn34)CC2)c2ccccc12.O=C(c1c(C2CC2)ccc2cncn12)C1CCC(c2ccc(O)c3ccccc23)CC1.Oc1ccc(C2CCC(C(O)c3c(C4CC4)ccc4cncn34)CC2)c2ccccc12.[2H][2H].[2H][2H].[2H][2H].[2H][2H].[2H][2H].[2H][2H].[2H][2H].[2H][2H].[2H][2H].[2H][2H].[2H][2H].[2H][2H].[2H][2H].[2H][2H].[2H][2H].[2H][2H].[2H][2H].[2H][2H].[2H][2H].[2H][2H].[2H][2H].[2H][2H].[2H][2H].[2H][2H].[2H][2H].[2H][2H].[2H][2H].[2H][2H].[2H][2H].[2H][2H].[2H][2H].[2H][2H].[2H][2H].[2H][2H].[2H][2H].[2H][2H].[2H][2H].[2H][2H].[2H][2H].[2H][2H].[2H][2H].[2H][2H].[2H][2H].[2H][2H].[2H][2H].[2H][2H].[2H][2H].[2H][2H].[2H][2H].[2H][2H].[2H][2H].[2H][2H].[2H][2H].[2H][2H].[2H][2H].[2H][2H].[2H][2H].[2H][2H].[2H][2H].[2H][2H].[2H][2H].[2H][2H].[2H][2H].[2H][2H].[2H][2H].[2H][2H].[2H][2H].[2H][2H].[2H][2H].[B].[H-].[Na+]. The number of hydrogen-bond acceptors (Lipinski definition) is 9. The van der Waals surface area contributed by atoms with Crippen LogP contribution in [0.4, 0.5) is 0 Å². The first kappa shape index (κ1) is 23.8. The average Bonchev–Trinajstić information content (AvgIpc) is 1.60. The number of carbonyl (C=O) groups excluding carboxylic acids is 2. The number of ether oxygens (including phenoxy) is 1. The average molecular weight is 1580 g/mol. The maximum Gasteiger partial charge on any atom is 1.00 e. The molecule has 18 rings (SSSR count). The zero-order valence-electron chi connectivity index (χ0n) is 194.